The lowest BCUT2D eigenvalue weighted by molar-refractivity contribution is 0.578. The zero-order valence-corrected chi connectivity index (χ0v) is 22.6. The minimum Gasteiger partial charge on any atom is -0.382 e. The summed E-state index contributed by atoms with van der Waals surface area (Å²) in [6.07, 6.45) is 10.0. The van der Waals surface area contributed by atoms with Crippen LogP contribution in [0.1, 0.15) is 61.7 Å². The number of nitrogens with one attached hydrogen (secondary N) is 2. The van der Waals surface area contributed by atoms with Gasteiger partial charge >= 0.3 is 0 Å². The van der Waals surface area contributed by atoms with Crippen LogP contribution < -0.4 is 10.6 Å². The van der Waals surface area contributed by atoms with Gasteiger partial charge in [-0.3, -0.25) is 0 Å². The van der Waals surface area contributed by atoms with Crippen LogP contribution in [0.15, 0.2) is 42.3 Å². The lowest BCUT2D eigenvalue weighted by atomic mass is 10.2. The summed E-state index contributed by atoms with van der Waals surface area (Å²) in [6, 6.07) is 3.81. The summed E-state index contributed by atoms with van der Waals surface area (Å²) >= 11 is 1.68. The van der Waals surface area contributed by atoms with Crippen molar-refractivity contribution in [2.75, 3.05) is 10.6 Å². The highest BCUT2D eigenvalue weighted by molar-refractivity contribution is 7.90. The number of nitrogens with zero attached hydrogens (tertiary/aromatic N) is 6. The summed E-state index contributed by atoms with van der Waals surface area (Å²) in [5, 5.41) is 13.5. The molecular weight excluding hydrogens is 520 g/mol. The molecule has 0 atom stereocenters. The van der Waals surface area contributed by atoms with Crippen LogP contribution in [0.2, 0.25) is 0 Å². The maximum Gasteiger partial charge on any atom is 0.256 e. The predicted molar refractivity (Wildman–Crippen MR) is 147 cm³/mol. The normalized spacial score (nSPS) is 15.2. The highest BCUT2D eigenvalue weighted by Crippen LogP contribution is 2.41. The first-order chi connectivity index (χ1) is 18.3. The summed E-state index contributed by atoms with van der Waals surface area (Å²) in [7, 11) is -3.45. The van der Waals surface area contributed by atoms with Gasteiger partial charge in [0.2, 0.25) is 0 Å². The molecule has 194 valence electrons. The van der Waals surface area contributed by atoms with E-state index in [9.17, 15) is 8.42 Å². The number of hydrogen-bond donors (Lipinski definition) is 2. The van der Waals surface area contributed by atoms with Crippen molar-refractivity contribution < 1.29 is 8.42 Å². The molecule has 0 aliphatic heterocycles. The quantitative estimate of drug-likeness (QED) is 0.310. The van der Waals surface area contributed by atoms with Crippen LogP contribution in [0, 0.1) is 11.8 Å². The van der Waals surface area contributed by atoms with Crippen molar-refractivity contribution in [2.45, 2.75) is 56.7 Å². The predicted octanol–water partition coefficient (Wildman–Crippen LogP) is 4.37. The van der Waals surface area contributed by atoms with Crippen LogP contribution in [0.5, 0.6) is 0 Å². The highest BCUT2D eigenvalue weighted by Gasteiger charge is 2.37. The van der Waals surface area contributed by atoms with Crippen molar-refractivity contribution in [3.05, 3.63) is 58.6 Å². The second-order valence-electron chi connectivity index (χ2n) is 9.75. The zero-order valence-electron chi connectivity index (χ0n) is 20.9. The van der Waals surface area contributed by atoms with Gasteiger partial charge in [-0.2, -0.15) is 9.19 Å². The van der Waals surface area contributed by atoms with Gasteiger partial charge in [0.05, 0.1) is 39.5 Å². The summed E-state index contributed by atoms with van der Waals surface area (Å²) < 4.78 is 25.9. The number of hydrogen-bond acceptors (Lipinski definition) is 10. The molecule has 0 saturated heterocycles. The average molecular weight is 547 g/mol. The lowest BCUT2D eigenvalue weighted by Crippen LogP contribution is -2.17. The Kier molecular flexibility index (Phi) is 6.33. The lowest BCUT2D eigenvalue weighted by Gasteiger charge is -2.14. The molecule has 0 amide bonds. The Morgan fingerprint density at radius 3 is 2.68 bits per heavy atom. The third kappa shape index (κ3) is 5.39. The largest absolute Gasteiger partial charge is 0.382 e. The maximum atomic E-state index is 12.5. The van der Waals surface area contributed by atoms with Crippen molar-refractivity contribution in [1.82, 2.24) is 29.1 Å². The zero-order chi connectivity index (χ0) is 26.3. The number of aromatic nitrogens is 6. The van der Waals surface area contributed by atoms with Crippen LogP contribution in [-0.4, -0.2) is 48.8 Å². The molecule has 10 nitrogen and oxygen atoms in total. The summed E-state index contributed by atoms with van der Waals surface area (Å²) in [5.74, 6) is 8.47. The second-order valence-corrected chi connectivity index (χ2v) is 12.7. The van der Waals surface area contributed by atoms with Crippen molar-refractivity contribution in [1.29, 1.82) is 0 Å². The van der Waals surface area contributed by atoms with E-state index in [1.165, 1.54) is 30.2 Å². The second kappa shape index (κ2) is 9.81. The number of anilines is 3. The molecule has 0 bridgehead atoms. The van der Waals surface area contributed by atoms with Gasteiger partial charge in [0.1, 0.15) is 17.3 Å². The molecule has 12 heteroatoms. The van der Waals surface area contributed by atoms with Crippen LogP contribution in [0.25, 0.3) is 11.4 Å². The molecule has 0 aromatic carbocycles. The Labute approximate surface area is 225 Å². The fourth-order valence-corrected chi connectivity index (χ4v) is 6.22. The monoisotopic (exact) mass is 546 g/mol. The van der Waals surface area contributed by atoms with Gasteiger partial charge in [0.25, 0.3) is 10.0 Å². The molecule has 4 aromatic rings. The fraction of sp³-hybridized carbons (Fsp3) is 0.346. The Morgan fingerprint density at radius 2 is 1.92 bits per heavy atom. The van der Waals surface area contributed by atoms with E-state index in [0.717, 1.165) is 21.0 Å². The van der Waals surface area contributed by atoms with E-state index >= 15 is 0 Å². The third-order valence-corrected chi connectivity index (χ3v) is 9.10. The number of rotatable bonds is 8. The molecule has 6 rings (SSSR count). The van der Waals surface area contributed by atoms with Crippen LogP contribution in [-0.2, 0) is 10.0 Å². The first-order valence-corrected chi connectivity index (χ1v) is 14.9. The van der Waals surface area contributed by atoms with E-state index in [2.05, 4.69) is 61.4 Å². The first kappa shape index (κ1) is 24.5. The average Bonchev–Trinajstić information content (AvgIpc) is 3.82. The fourth-order valence-electron chi connectivity index (χ4n) is 3.82. The van der Waals surface area contributed by atoms with Crippen LogP contribution in [0.4, 0.5) is 17.3 Å². The SMILES string of the molecule is CC(C)Nc1cc(Nc2ccnc(-c3cnn(S(=O)(=O)C4CC4)c3)n2)ncc1C#Cc1csc(C2CC2)n1. The van der Waals surface area contributed by atoms with Crippen LogP contribution in [0.3, 0.4) is 0 Å². The van der Waals surface area contributed by atoms with Gasteiger partial charge in [-0.15, -0.1) is 11.3 Å². The topological polar surface area (TPSA) is 128 Å². The van der Waals surface area contributed by atoms with Crippen molar-refractivity contribution in [3.63, 3.8) is 0 Å². The van der Waals surface area contributed by atoms with E-state index in [-0.39, 0.29) is 11.3 Å². The molecule has 2 aliphatic rings. The summed E-state index contributed by atoms with van der Waals surface area (Å²) in [6.45, 7) is 4.13. The van der Waals surface area contributed by atoms with Gasteiger partial charge in [0.15, 0.2) is 5.82 Å². The Hall–Kier alpha value is -3.82. The molecule has 0 unspecified atom stereocenters. The molecule has 2 fully saturated rings. The number of pyridine rings is 1. The molecule has 2 aliphatic carbocycles. The van der Waals surface area contributed by atoms with Gasteiger partial charge < -0.3 is 10.6 Å². The van der Waals surface area contributed by atoms with Gasteiger partial charge in [-0.25, -0.2) is 28.4 Å². The molecule has 0 spiro atoms. The Morgan fingerprint density at radius 1 is 1.08 bits per heavy atom. The van der Waals surface area contributed by atoms with Gasteiger partial charge in [0, 0.05) is 35.8 Å². The standard InChI is InChI=1S/C26H26N8O2S2/c1-16(2)30-22-11-24(28-12-18(22)5-6-20-15-37-26(31-20)17-3-4-17)32-23-9-10-27-25(33-23)19-13-29-34(14-19)38(35,36)21-7-8-21/h9-17,21H,3-4,7-8H2,1-2H3,(H2,27,28,30,32,33). The van der Waals surface area contributed by atoms with E-state index in [4.69, 9.17) is 0 Å². The van der Waals surface area contributed by atoms with Gasteiger partial charge in [-0.1, -0.05) is 5.92 Å². The molecule has 0 radical (unpaired) electrons. The first-order valence-electron chi connectivity index (χ1n) is 12.5. The van der Waals surface area contributed by atoms with E-state index in [0.29, 0.717) is 41.8 Å². The minimum atomic E-state index is -3.45. The molecule has 2 N–H and O–H groups in total. The summed E-state index contributed by atoms with van der Waals surface area (Å²) in [5.41, 5.74) is 2.93. The summed E-state index contributed by atoms with van der Waals surface area (Å²) in [4.78, 5) is 18.0. The molecular formula is C26H26N8O2S2. The number of thiazole rings is 1. The van der Waals surface area contributed by atoms with Crippen LogP contribution >= 0.6 is 11.3 Å². The smallest absolute Gasteiger partial charge is 0.256 e. The van der Waals surface area contributed by atoms with Crippen molar-refractivity contribution >= 4 is 38.7 Å². The molecule has 2 saturated carbocycles. The third-order valence-electron chi connectivity index (χ3n) is 6.06. The van der Waals surface area contributed by atoms with Gasteiger partial charge in [-0.05, 0) is 51.5 Å². The Bertz CT molecular complexity index is 1660. The Balaban J connectivity index is 1.22. The molecule has 4 heterocycles. The van der Waals surface area contributed by atoms with E-state index in [1.54, 1.807) is 29.8 Å². The molecule has 38 heavy (non-hydrogen) atoms. The minimum absolute atomic E-state index is 0.195. The van der Waals surface area contributed by atoms with Crippen molar-refractivity contribution in [3.8, 4) is 23.2 Å². The van der Waals surface area contributed by atoms with E-state index in [1.807, 2.05) is 11.4 Å². The van der Waals surface area contributed by atoms with E-state index < -0.39 is 10.0 Å². The maximum absolute atomic E-state index is 12.5. The van der Waals surface area contributed by atoms with Crippen molar-refractivity contribution in [2.24, 2.45) is 0 Å². The highest BCUT2D eigenvalue weighted by atomic mass is 32.2. The molecule has 4 aromatic heterocycles.